The molecule has 1 aliphatic rings. The van der Waals surface area contributed by atoms with Crippen LogP contribution in [0.1, 0.15) is 20.7 Å². The lowest BCUT2D eigenvalue weighted by Crippen LogP contribution is -2.14. The minimum atomic E-state index is -0.601. The van der Waals surface area contributed by atoms with Crippen LogP contribution in [0.5, 0.6) is 11.5 Å². The maximum absolute atomic E-state index is 12.5. The smallest absolute Gasteiger partial charge is 0.270 e. The highest BCUT2D eigenvalue weighted by atomic mass is 35.5. The fourth-order valence-electron chi connectivity index (χ4n) is 2.84. The molecule has 0 saturated carbocycles. The quantitative estimate of drug-likeness (QED) is 0.474. The largest absolute Gasteiger partial charge is 0.454 e. The lowest BCUT2D eigenvalue weighted by Gasteiger charge is -2.10. The Labute approximate surface area is 169 Å². The van der Waals surface area contributed by atoms with E-state index in [9.17, 15) is 19.7 Å². The van der Waals surface area contributed by atoms with Crippen molar-refractivity contribution in [2.24, 2.45) is 0 Å². The van der Waals surface area contributed by atoms with Gasteiger partial charge in [0.15, 0.2) is 5.75 Å². The molecule has 0 aliphatic carbocycles. The highest BCUT2D eigenvalue weighted by Gasteiger charge is 2.22. The number of amides is 2. The van der Waals surface area contributed by atoms with E-state index in [1.165, 1.54) is 18.2 Å². The number of hydrogen-bond donors (Lipinski definition) is 2. The molecule has 0 saturated heterocycles. The van der Waals surface area contributed by atoms with Gasteiger partial charge in [0, 0.05) is 17.8 Å². The van der Waals surface area contributed by atoms with Gasteiger partial charge >= 0.3 is 0 Å². The second-order valence-corrected chi connectivity index (χ2v) is 6.55. The van der Waals surface area contributed by atoms with Gasteiger partial charge in [-0.15, -0.1) is 0 Å². The molecule has 0 radical (unpaired) electrons. The number of para-hydroxylation sites is 2. The molecular formula is C20H12ClN3O5. The summed E-state index contributed by atoms with van der Waals surface area (Å²) >= 11 is 6.00. The van der Waals surface area contributed by atoms with E-state index in [2.05, 4.69) is 10.6 Å². The normalized spacial score (nSPS) is 12.0. The maximum Gasteiger partial charge on any atom is 0.270 e. The van der Waals surface area contributed by atoms with Crippen LogP contribution in [-0.2, 0) is 0 Å². The first-order valence-electron chi connectivity index (χ1n) is 8.40. The third-order valence-corrected chi connectivity index (χ3v) is 4.56. The van der Waals surface area contributed by atoms with Crippen LogP contribution in [0.15, 0.2) is 60.7 Å². The zero-order chi connectivity index (χ0) is 20.5. The van der Waals surface area contributed by atoms with Gasteiger partial charge < -0.3 is 15.4 Å². The molecule has 8 nitrogen and oxygen atoms in total. The molecule has 3 aromatic rings. The third-order valence-electron chi connectivity index (χ3n) is 4.25. The van der Waals surface area contributed by atoms with E-state index in [1.807, 2.05) is 0 Å². The first kappa shape index (κ1) is 18.5. The van der Waals surface area contributed by atoms with Crippen molar-refractivity contribution in [2.45, 2.75) is 0 Å². The summed E-state index contributed by atoms with van der Waals surface area (Å²) in [6, 6.07) is 15.2. The summed E-state index contributed by atoms with van der Waals surface area (Å²) in [7, 11) is 0. The van der Waals surface area contributed by atoms with Crippen LogP contribution in [0, 0.1) is 10.1 Å². The molecule has 144 valence electrons. The van der Waals surface area contributed by atoms with Gasteiger partial charge in [-0.1, -0.05) is 23.7 Å². The Morgan fingerprint density at radius 3 is 2.62 bits per heavy atom. The van der Waals surface area contributed by atoms with Crippen LogP contribution in [-0.4, -0.2) is 16.7 Å². The molecule has 0 aromatic heterocycles. The molecule has 0 fully saturated rings. The van der Waals surface area contributed by atoms with E-state index in [-0.39, 0.29) is 27.7 Å². The molecule has 29 heavy (non-hydrogen) atoms. The molecule has 0 spiro atoms. The van der Waals surface area contributed by atoms with Gasteiger partial charge in [-0.3, -0.25) is 19.7 Å². The SMILES string of the molecule is O=C(Nc1ccc2c(c1)C(=O)Nc1ccccc1O2)c1ccc([N+](=O)[O-])cc1Cl. The Kier molecular flexibility index (Phi) is 4.61. The van der Waals surface area contributed by atoms with E-state index >= 15 is 0 Å². The molecular weight excluding hydrogens is 398 g/mol. The fourth-order valence-corrected chi connectivity index (χ4v) is 3.10. The van der Waals surface area contributed by atoms with Gasteiger partial charge in [-0.2, -0.15) is 0 Å². The second kappa shape index (κ2) is 7.25. The summed E-state index contributed by atoms with van der Waals surface area (Å²) in [5.41, 5.74) is 0.976. The van der Waals surface area contributed by atoms with Crippen LogP contribution in [0.3, 0.4) is 0 Å². The lowest BCUT2D eigenvalue weighted by molar-refractivity contribution is -0.384. The minimum absolute atomic E-state index is 0.0528. The predicted octanol–water partition coefficient (Wildman–Crippen LogP) is 4.86. The molecule has 4 rings (SSSR count). The van der Waals surface area contributed by atoms with Crippen molar-refractivity contribution in [3.05, 3.63) is 86.9 Å². The predicted molar refractivity (Wildman–Crippen MR) is 107 cm³/mol. The van der Waals surface area contributed by atoms with Gasteiger partial charge in [0.05, 0.1) is 26.8 Å². The Morgan fingerprint density at radius 2 is 1.86 bits per heavy atom. The van der Waals surface area contributed by atoms with E-state index in [1.54, 1.807) is 36.4 Å². The number of ether oxygens (including phenoxy) is 1. The Hall–Kier alpha value is -3.91. The molecule has 3 aromatic carbocycles. The number of nitro groups is 1. The summed E-state index contributed by atoms with van der Waals surface area (Å²) in [6.07, 6.45) is 0. The molecule has 0 bridgehead atoms. The maximum atomic E-state index is 12.5. The summed E-state index contributed by atoms with van der Waals surface area (Å²) < 4.78 is 5.79. The van der Waals surface area contributed by atoms with E-state index in [0.29, 0.717) is 22.9 Å². The standard InChI is InChI=1S/C20H12ClN3O5/c21-15-10-12(24(27)28)6-7-13(15)19(25)22-11-5-8-17-14(9-11)20(26)23-16-3-1-2-4-18(16)29-17/h1-10H,(H,22,25)(H,23,26). The fraction of sp³-hybridized carbons (Fsp3) is 0. The number of anilines is 2. The number of benzene rings is 3. The van der Waals surface area contributed by atoms with Crippen molar-refractivity contribution < 1.29 is 19.2 Å². The molecule has 9 heteroatoms. The third kappa shape index (κ3) is 3.61. The number of rotatable bonds is 3. The van der Waals surface area contributed by atoms with E-state index in [4.69, 9.17) is 16.3 Å². The van der Waals surface area contributed by atoms with Crippen LogP contribution >= 0.6 is 11.6 Å². The second-order valence-electron chi connectivity index (χ2n) is 6.14. The van der Waals surface area contributed by atoms with Gasteiger partial charge in [0.25, 0.3) is 17.5 Å². The monoisotopic (exact) mass is 409 g/mol. The number of non-ortho nitro benzene ring substituents is 1. The van der Waals surface area contributed by atoms with Crippen molar-refractivity contribution in [2.75, 3.05) is 10.6 Å². The Morgan fingerprint density at radius 1 is 1.07 bits per heavy atom. The zero-order valence-corrected chi connectivity index (χ0v) is 15.4. The van der Waals surface area contributed by atoms with Crippen LogP contribution in [0.25, 0.3) is 0 Å². The first-order chi connectivity index (χ1) is 13.9. The van der Waals surface area contributed by atoms with Crippen molar-refractivity contribution >= 4 is 40.5 Å². The number of nitrogens with one attached hydrogen (secondary N) is 2. The molecule has 2 N–H and O–H groups in total. The molecule has 0 atom stereocenters. The minimum Gasteiger partial charge on any atom is -0.454 e. The number of carbonyl (C=O) groups excluding carboxylic acids is 2. The van der Waals surface area contributed by atoms with Gasteiger partial charge in [0.1, 0.15) is 5.75 Å². The van der Waals surface area contributed by atoms with Crippen molar-refractivity contribution in [1.29, 1.82) is 0 Å². The number of carbonyl (C=O) groups is 2. The number of nitro benzene ring substituents is 1. The summed E-state index contributed by atoms with van der Waals surface area (Å²) in [4.78, 5) is 35.3. The summed E-state index contributed by atoms with van der Waals surface area (Å²) in [6.45, 7) is 0. The van der Waals surface area contributed by atoms with E-state index < -0.39 is 10.8 Å². The van der Waals surface area contributed by atoms with Crippen LogP contribution in [0.2, 0.25) is 5.02 Å². The number of hydrogen-bond acceptors (Lipinski definition) is 5. The van der Waals surface area contributed by atoms with Gasteiger partial charge in [-0.25, -0.2) is 0 Å². The topological polar surface area (TPSA) is 111 Å². The zero-order valence-electron chi connectivity index (χ0n) is 14.6. The number of nitrogens with zero attached hydrogens (tertiary/aromatic N) is 1. The lowest BCUT2D eigenvalue weighted by atomic mass is 10.1. The van der Waals surface area contributed by atoms with Crippen LogP contribution < -0.4 is 15.4 Å². The van der Waals surface area contributed by atoms with Crippen molar-refractivity contribution in [3.8, 4) is 11.5 Å². The molecule has 2 amide bonds. The highest BCUT2D eigenvalue weighted by molar-refractivity contribution is 6.34. The molecule has 0 unspecified atom stereocenters. The van der Waals surface area contributed by atoms with Gasteiger partial charge in [0.2, 0.25) is 0 Å². The molecule has 1 heterocycles. The van der Waals surface area contributed by atoms with Gasteiger partial charge in [-0.05, 0) is 36.4 Å². The van der Waals surface area contributed by atoms with Crippen molar-refractivity contribution in [1.82, 2.24) is 0 Å². The highest BCUT2D eigenvalue weighted by Crippen LogP contribution is 2.36. The number of halogens is 1. The van der Waals surface area contributed by atoms with Crippen molar-refractivity contribution in [3.63, 3.8) is 0 Å². The summed E-state index contributed by atoms with van der Waals surface area (Å²) in [5, 5.41) is 16.1. The summed E-state index contributed by atoms with van der Waals surface area (Å²) in [5.74, 6) is -0.0923. The van der Waals surface area contributed by atoms with E-state index in [0.717, 1.165) is 6.07 Å². The Bertz CT molecular complexity index is 1180. The van der Waals surface area contributed by atoms with Crippen LogP contribution in [0.4, 0.5) is 17.1 Å². The Balaban J connectivity index is 1.60. The average molecular weight is 410 g/mol. The average Bonchev–Trinajstić information content (AvgIpc) is 2.83. The first-order valence-corrected chi connectivity index (χ1v) is 8.78. The molecule has 1 aliphatic heterocycles. The number of fused-ring (bicyclic) bond motifs is 2.